The quantitative estimate of drug-likeness (QED) is 0.804. The van der Waals surface area contributed by atoms with Gasteiger partial charge in [0.05, 0.1) is 12.6 Å². The van der Waals surface area contributed by atoms with Crippen molar-refractivity contribution in [1.82, 2.24) is 9.55 Å². The zero-order valence-electron chi connectivity index (χ0n) is 12.0. The van der Waals surface area contributed by atoms with Gasteiger partial charge in [-0.1, -0.05) is 12.1 Å². The maximum atomic E-state index is 12.5. The molecule has 1 N–H and O–H groups in total. The zero-order valence-corrected chi connectivity index (χ0v) is 12.8. The number of rotatable bonds is 3. The molecule has 2 heterocycles. The number of hydrogen-bond donors (Lipinski definition) is 1. The number of pyridine rings is 1. The van der Waals surface area contributed by atoms with Gasteiger partial charge in [0.2, 0.25) is 0 Å². The zero-order chi connectivity index (χ0) is 15.7. The minimum absolute atomic E-state index is 0.0288. The first-order valence-corrected chi connectivity index (χ1v) is 7.38. The van der Waals surface area contributed by atoms with Gasteiger partial charge in [-0.15, -0.1) is 11.3 Å². The average molecular weight is 315 g/mol. The molecule has 112 valence electrons. The van der Waals surface area contributed by atoms with Gasteiger partial charge in [0.25, 0.3) is 11.5 Å². The highest BCUT2D eigenvalue weighted by Crippen LogP contribution is 2.27. The molecule has 7 heteroatoms. The summed E-state index contributed by atoms with van der Waals surface area (Å²) in [6.45, 7) is 0. The van der Waals surface area contributed by atoms with E-state index in [2.05, 4.69) is 10.3 Å². The second kappa shape index (κ2) is 5.61. The van der Waals surface area contributed by atoms with Gasteiger partial charge in [0, 0.05) is 24.0 Å². The molecule has 0 aliphatic heterocycles. The summed E-state index contributed by atoms with van der Waals surface area (Å²) in [4.78, 5) is 29.0. The van der Waals surface area contributed by atoms with Crippen molar-refractivity contribution in [2.75, 3.05) is 12.4 Å². The predicted molar refractivity (Wildman–Crippen MR) is 85.8 cm³/mol. The number of thiazole rings is 1. The van der Waals surface area contributed by atoms with Crippen LogP contribution in [0.3, 0.4) is 0 Å². The highest BCUT2D eigenvalue weighted by atomic mass is 32.1. The Hall–Kier alpha value is -2.67. The molecule has 0 bridgehead atoms. The van der Waals surface area contributed by atoms with Crippen LogP contribution in [0.15, 0.2) is 40.6 Å². The minimum atomic E-state index is -0.529. The van der Waals surface area contributed by atoms with Crippen molar-refractivity contribution in [1.29, 1.82) is 0 Å². The Labute approximate surface area is 130 Å². The molecule has 1 amide bonds. The van der Waals surface area contributed by atoms with Crippen molar-refractivity contribution in [3.63, 3.8) is 0 Å². The number of anilines is 1. The minimum Gasteiger partial charge on any atom is -0.495 e. The number of fused-ring (bicyclic) bond motifs is 1. The number of para-hydroxylation sites is 1. The van der Waals surface area contributed by atoms with Gasteiger partial charge >= 0.3 is 0 Å². The van der Waals surface area contributed by atoms with Crippen LogP contribution in [-0.4, -0.2) is 22.6 Å². The molecule has 0 atom stereocenters. The summed E-state index contributed by atoms with van der Waals surface area (Å²) < 4.78 is 6.78. The smallest absolute Gasteiger partial charge is 0.267 e. The van der Waals surface area contributed by atoms with Gasteiger partial charge in [-0.05, 0) is 12.1 Å². The van der Waals surface area contributed by atoms with Gasteiger partial charge in [-0.3, -0.25) is 14.9 Å². The molecule has 1 aromatic carbocycles. The van der Waals surface area contributed by atoms with Gasteiger partial charge in [0.1, 0.15) is 11.3 Å². The Kier molecular flexibility index (Phi) is 3.64. The first-order valence-electron chi connectivity index (χ1n) is 6.50. The number of nitrogens with one attached hydrogen (secondary N) is 1. The van der Waals surface area contributed by atoms with E-state index in [-0.39, 0.29) is 11.3 Å². The highest BCUT2D eigenvalue weighted by Gasteiger charge is 2.22. The van der Waals surface area contributed by atoms with E-state index in [1.54, 1.807) is 18.6 Å². The molecule has 0 saturated carbocycles. The first kappa shape index (κ1) is 14.3. The first-order chi connectivity index (χ1) is 10.6. The molecule has 0 aliphatic rings. The van der Waals surface area contributed by atoms with E-state index in [1.165, 1.54) is 23.0 Å². The van der Waals surface area contributed by atoms with Gasteiger partial charge in [-0.2, -0.15) is 0 Å². The van der Waals surface area contributed by atoms with Crippen LogP contribution in [0.5, 0.6) is 5.75 Å². The maximum absolute atomic E-state index is 12.5. The fourth-order valence-electron chi connectivity index (χ4n) is 2.32. The van der Waals surface area contributed by atoms with E-state index in [9.17, 15) is 9.59 Å². The van der Waals surface area contributed by atoms with Crippen molar-refractivity contribution >= 4 is 33.3 Å². The summed E-state index contributed by atoms with van der Waals surface area (Å²) in [6.07, 6.45) is 1.58. The number of nitrogens with zero attached hydrogens (tertiary/aromatic N) is 2. The molecule has 0 saturated heterocycles. The predicted octanol–water partition coefficient (Wildman–Crippen LogP) is 2.26. The van der Waals surface area contributed by atoms with Crippen LogP contribution in [0.4, 0.5) is 5.13 Å². The molecule has 0 unspecified atom stereocenters. The normalized spacial score (nSPS) is 10.6. The summed E-state index contributed by atoms with van der Waals surface area (Å²) in [6, 6.07) is 7.28. The number of aryl methyl sites for hydroxylation is 1. The van der Waals surface area contributed by atoms with E-state index >= 15 is 0 Å². The second-order valence-corrected chi connectivity index (χ2v) is 5.48. The standard InChI is InChI=1S/C15H13N3O3S/c1-18-10-6-4-3-5-9(10)12(21-2)11(14(18)20)13(19)17-15-16-7-8-22-15/h3-8H,1-2H3,(H,16,17,19). The van der Waals surface area contributed by atoms with Crippen molar-refractivity contribution in [3.05, 3.63) is 51.8 Å². The van der Waals surface area contributed by atoms with Gasteiger partial charge in [0.15, 0.2) is 5.13 Å². The number of carbonyl (C=O) groups excluding carboxylic acids is 1. The molecule has 0 fully saturated rings. The topological polar surface area (TPSA) is 73.2 Å². The molecular weight excluding hydrogens is 302 g/mol. The molecular formula is C15H13N3O3S. The number of amides is 1. The lowest BCUT2D eigenvalue weighted by Gasteiger charge is -2.13. The monoisotopic (exact) mass is 315 g/mol. The van der Waals surface area contributed by atoms with Crippen LogP contribution >= 0.6 is 11.3 Å². The van der Waals surface area contributed by atoms with E-state index < -0.39 is 11.5 Å². The Morgan fingerprint density at radius 2 is 2.14 bits per heavy atom. The molecule has 0 aliphatic carbocycles. The number of benzene rings is 1. The lowest BCUT2D eigenvalue weighted by Crippen LogP contribution is -2.29. The molecule has 22 heavy (non-hydrogen) atoms. The largest absolute Gasteiger partial charge is 0.495 e. The van der Waals surface area contributed by atoms with Crippen LogP contribution in [-0.2, 0) is 7.05 Å². The molecule has 0 spiro atoms. The lowest BCUT2D eigenvalue weighted by atomic mass is 10.1. The number of carbonyl (C=O) groups is 1. The summed E-state index contributed by atoms with van der Waals surface area (Å²) in [5, 5.41) is 5.50. The van der Waals surface area contributed by atoms with Crippen LogP contribution < -0.4 is 15.6 Å². The number of ether oxygens (including phenoxy) is 1. The third-order valence-corrected chi connectivity index (χ3v) is 4.03. The van der Waals surface area contributed by atoms with Crippen LogP contribution in [0.2, 0.25) is 0 Å². The fraction of sp³-hybridized carbons (Fsp3) is 0.133. The van der Waals surface area contributed by atoms with Crippen molar-refractivity contribution < 1.29 is 9.53 Å². The Morgan fingerprint density at radius 3 is 2.82 bits per heavy atom. The van der Waals surface area contributed by atoms with Crippen LogP contribution in [0, 0.1) is 0 Å². The third kappa shape index (κ3) is 2.25. The summed E-state index contributed by atoms with van der Waals surface area (Å²) in [5.74, 6) is -0.258. The molecule has 0 radical (unpaired) electrons. The molecule has 3 aromatic rings. The fourth-order valence-corrected chi connectivity index (χ4v) is 2.85. The number of aromatic nitrogens is 2. The second-order valence-electron chi connectivity index (χ2n) is 4.58. The SMILES string of the molecule is COc1c(C(=O)Nc2nccs2)c(=O)n(C)c2ccccc12. The molecule has 6 nitrogen and oxygen atoms in total. The van der Waals surface area contributed by atoms with E-state index in [4.69, 9.17) is 4.74 Å². The Bertz CT molecular complexity index is 900. The Morgan fingerprint density at radius 1 is 1.36 bits per heavy atom. The maximum Gasteiger partial charge on any atom is 0.267 e. The summed E-state index contributed by atoms with van der Waals surface area (Å²) >= 11 is 1.28. The van der Waals surface area contributed by atoms with E-state index in [1.807, 2.05) is 24.3 Å². The highest BCUT2D eigenvalue weighted by molar-refractivity contribution is 7.13. The number of methoxy groups -OCH3 is 1. The van der Waals surface area contributed by atoms with Crippen molar-refractivity contribution in [3.8, 4) is 5.75 Å². The molecule has 2 aromatic heterocycles. The van der Waals surface area contributed by atoms with Gasteiger partial charge in [-0.25, -0.2) is 4.98 Å². The van der Waals surface area contributed by atoms with E-state index in [0.717, 1.165) is 0 Å². The Balaban J connectivity index is 2.22. The molecule has 3 rings (SSSR count). The lowest BCUT2D eigenvalue weighted by molar-refractivity contribution is 0.102. The van der Waals surface area contributed by atoms with Crippen LogP contribution in [0.25, 0.3) is 10.9 Å². The van der Waals surface area contributed by atoms with Crippen molar-refractivity contribution in [2.24, 2.45) is 7.05 Å². The third-order valence-electron chi connectivity index (χ3n) is 3.34. The average Bonchev–Trinajstić information content (AvgIpc) is 3.03. The van der Waals surface area contributed by atoms with E-state index in [0.29, 0.717) is 16.0 Å². The van der Waals surface area contributed by atoms with Crippen molar-refractivity contribution in [2.45, 2.75) is 0 Å². The van der Waals surface area contributed by atoms with Gasteiger partial charge < -0.3 is 9.30 Å². The van der Waals surface area contributed by atoms with Crippen LogP contribution in [0.1, 0.15) is 10.4 Å². The summed E-state index contributed by atoms with van der Waals surface area (Å²) in [7, 11) is 3.08. The number of hydrogen-bond acceptors (Lipinski definition) is 5. The summed E-state index contributed by atoms with van der Waals surface area (Å²) in [5.41, 5.74) is 0.263.